The van der Waals surface area contributed by atoms with Crippen molar-refractivity contribution in [3.63, 3.8) is 0 Å². The fourth-order valence-electron chi connectivity index (χ4n) is 3.00. The summed E-state index contributed by atoms with van der Waals surface area (Å²) in [5.74, 6) is 0.601. The van der Waals surface area contributed by atoms with E-state index < -0.39 is 0 Å². The van der Waals surface area contributed by atoms with Crippen LogP contribution in [0.5, 0.6) is 0 Å². The highest BCUT2D eigenvalue weighted by Gasteiger charge is 2.14. The average Bonchev–Trinajstić information content (AvgIpc) is 3.44. The average molecular weight is 414 g/mol. The Bertz CT molecular complexity index is 1330. The molecule has 2 aromatic carbocycles. The first-order valence-electron chi connectivity index (χ1n) is 9.08. The van der Waals surface area contributed by atoms with E-state index in [1.165, 1.54) is 11.3 Å². The lowest BCUT2D eigenvalue weighted by Crippen LogP contribution is -2.13. The van der Waals surface area contributed by atoms with Crippen molar-refractivity contribution >= 4 is 33.1 Å². The van der Waals surface area contributed by atoms with Crippen LogP contribution in [0.2, 0.25) is 0 Å². The number of nitrogens with zero attached hydrogens (tertiary/aromatic N) is 5. The minimum atomic E-state index is -0.191. The molecule has 0 aliphatic carbocycles. The van der Waals surface area contributed by atoms with E-state index in [2.05, 4.69) is 30.4 Å². The van der Waals surface area contributed by atoms with Crippen LogP contribution in [0.3, 0.4) is 0 Å². The number of carbonyl (C=O) groups excluding carboxylic acids is 1. The first-order valence-corrected chi connectivity index (χ1v) is 9.96. The van der Waals surface area contributed by atoms with Crippen LogP contribution >= 0.6 is 11.3 Å². The predicted octanol–water partition coefficient (Wildman–Crippen LogP) is 3.98. The van der Waals surface area contributed by atoms with Crippen molar-refractivity contribution < 1.29 is 9.32 Å². The number of aromatic nitrogens is 5. The minimum absolute atomic E-state index is 0.191. The fraction of sp³-hybridized carbons (Fsp3) is 0.0476. The first-order chi connectivity index (χ1) is 14.8. The van der Waals surface area contributed by atoms with E-state index in [1.807, 2.05) is 36.4 Å². The predicted molar refractivity (Wildman–Crippen MR) is 112 cm³/mol. The number of rotatable bonds is 5. The molecular formula is C21H14N6O2S. The number of amides is 1. The van der Waals surface area contributed by atoms with Gasteiger partial charge < -0.3 is 9.84 Å². The third-order valence-corrected chi connectivity index (χ3v) is 5.25. The Balaban J connectivity index is 1.36. The van der Waals surface area contributed by atoms with Gasteiger partial charge in [-0.15, -0.1) is 11.3 Å². The van der Waals surface area contributed by atoms with Gasteiger partial charge >= 0.3 is 0 Å². The Labute approximate surface area is 174 Å². The number of benzene rings is 2. The maximum absolute atomic E-state index is 12.8. The number of carbonyl (C=O) groups is 1. The molecule has 0 spiro atoms. The van der Waals surface area contributed by atoms with Crippen LogP contribution < -0.4 is 5.32 Å². The normalized spacial score (nSPS) is 10.9. The minimum Gasteiger partial charge on any atom is -0.339 e. The highest BCUT2D eigenvalue weighted by Crippen LogP contribution is 2.23. The second kappa shape index (κ2) is 7.80. The van der Waals surface area contributed by atoms with E-state index in [0.29, 0.717) is 35.1 Å². The van der Waals surface area contributed by atoms with Gasteiger partial charge in [-0.3, -0.25) is 9.78 Å². The second-order valence-corrected chi connectivity index (χ2v) is 7.31. The zero-order chi connectivity index (χ0) is 20.3. The summed E-state index contributed by atoms with van der Waals surface area (Å²) in [4.78, 5) is 29.6. The van der Waals surface area contributed by atoms with Crippen molar-refractivity contribution in [2.75, 3.05) is 5.32 Å². The summed E-state index contributed by atoms with van der Waals surface area (Å²) >= 11 is 1.50. The van der Waals surface area contributed by atoms with E-state index in [-0.39, 0.29) is 5.91 Å². The number of fused-ring (bicyclic) bond motifs is 1. The molecule has 30 heavy (non-hydrogen) atoms. The first kappa shape index (κ1) is 18.1. The molecule has 146 valence electrons. The van der Waals surface area contributed by atoms with Gasteiger partial charge in [-0.1, -0.05) is 23.4 Å². The van der Waals surface area contributed by atoms with E-state index in [4.69, 9.17) is 4.52 Å². The lowest BCUT2D eigenvalue weighted by molar-refractivity contribution is 0.102. The largest absolute Gasteiger partial charge is 0.339 e. The lowest BCUT2D eigenvalue weighted by atomic mass is 10.1. The molecule has 0 aliphatic rings. The maximum Gasteiger partial charge on any atom is 0.255 e. The van der Waals surface area contributed by atoms with Gasteiger partial charge in [0.25, 0.3) is 5.91 Å². The van der Waals surface area contributed by atoms with E-state index in [1.54, 1.807) is 30.2 Å². The third-order valence-electron chi connectivity index (χ3n) is 4.46. The number of hydrogen-bond donors (Lipinski definition) is 1. The number of para-hydroxylation sites is 1. The molecule has 8 nitrogen and oxygen atoms in total. The van der Waals surface area contributed by atoms with Gasteiger partial charge in [0.15, 0.2) is 0 Å². The smallest absolute Gasteiger partial charge is 0.255 e. The van der Waals surface area contributed by atoms with Crippen molar-refractivity contribution in [1.82, 2.24) is 25.1 Å². The quantitative estimate of drug-likeness (QED) is 0.463. The summed E-state index contributed by atoms with van der Waals surface area (Å²) in [5, 5.41) is 6.94. The zero-order valence-corrected chi connectivity index (χ0v) is 16.3. The van der Waals surface area contributed by atoms with Gasteiger partial charge in [0.05, 0.1) is 28.3 Å². The second-order valence-electron chi connectivity index (χ2n) is 6.43. The van der Waals surface area contributed by atoms with Crippen molar-refractivity contribution in [2.24, 2.45) is 0 Å². The summed E-state index contributed by atoms with van der Waals surface area (Å²) in [6, 6.07) is 13.0. The Morgan fingerprint density at radius 3 is 2.93 bits per heavy atom. The molecule has 0 bridgehead atoms. The Kier molecular flexibility index (Phi) is 4.70. The topological polar surface area (TPSA) is 107 Å². The monoisotopic (exact) mass is 414 g/mol. The van der Waals surface area contributed by atoms with Crippen molar-refractivity contribution in [3.05, 3.63) is 83.6 Å². The molecule has 5 rings (SSSR count). The van der Waals surface area contributed by atoms with Gasteiger partial charge in [0, 0.05) is 23.6 Å². The molecule has 0 radical (unpaired) electrons. The number of nitrogens with one attached hydrogen (secondary N) is 1. The van der Waals surface area contributed by atoms with Gasteiger partial charge in [-0.05, 0) is 29.8 Å². The van der Waals surface area contributed by atoms with Gasteiger partial charge in [0.2, 0.25) is 11.7 Å². The fourth-order valence-corrected chi connectivity index (χ4v) is 3.71. The van der Waals surface area contributed by atoms with E-state index >= 15 is 0 Å². The highest BCUT2D eigenvalue weighted by atomic mass is 32.1. The standard InChI is InChI=1S/C21H14N6O2S/c28-21(14-5-6-16-18(9-14)30-12-24-16)25-15-4-2-1-3-13(15)10-19-26-20(27-29-19)17-11-22-7-8-23-17/h1-9,11-12H,10H2,(H,25,28). The molecule has 0 unspecified atom stereocenters. The van der Waals surface area contributed by atoms with Crippen molar-refractivity contribution in [1.29, 1.82) is 0 Å². The summed E-state index contributed by atoms with van der Waals surface area (Å²) in [7, 11) is 0. The number of thiazole rings is 1. The SMILES string of the molecule is O=C(Nc1ccccc1Cc1nc(-c2cnccn2)no1)c1ccc2ncsc2c1. The summed E-state index contributed by atoms with van der Waals surface area (Å²) in [6.07, 6.45) is 5.09. The van der Waals surface area contributed by atoms with E-state index in [9.17, 15) is 4.79 Å². The highest BCUT2D eigenvalue weighted by molar-refractivity contribution is 7.16. The molecule has 1 amide bonds. The molecule has 0 aliphatic heterocycles. The lowest BCUT2D eigenvalue weighted by Gasteiger charge is -2.10. The van der Waals surface area contributed by atoms with Crippen LogP contribution in [0.25, 0.3) is 21.7 Å². The van der Waals surface area contributed by atoms with Crippen LogP contribution in [-0.4, -0.2) is 31.0 Å². The summed E-state index contributed by atoms with van der Waals surface area (Å²) in [5.41, 5.74) is 5.30. The molecule has 0 saturated carbocycles. The van der Waals surface area contributed by atoms with Crippen LogP contribution in [0.1, 0.15) is 21.8 Å². The molecule has 0 atom stereocenters. The zero-order valence-electron chi connectivity index (χ0n) is 15.5. The molecular weight excluding hydrogens is 400 g/mol. The molecule has 9 heteroatoms. The molecule has 0 saturated heterocycles. The third kappa shape index (κ3) is 3.65. The number of anilines is 1. The maximum atomic E-state index is 12.8. The number of hydrogen-bond acceptors (Lipinski definition) is 8. The summed E-state index contributed by atoms with van der Waals surface area (Å²) in [6.45, 7) is 0. The Morgan fingerprint density at radius 2 is 2.03 bits per heavy atom. The Morgan fingerprint density at radius 1 is 1.10 bits per heavy atom. The molecule has 5 aromatic rings. The van der Waals surface area contributed by atoms with Crippen molar-refractivity contribution in [3.8, 4) is 11.5 Å². The van der Waals surface area contributed by atoms with Crippen LogP contribution in [0.15, 0.2) is 71.1 Å². The van der Waals surface area contributed by atoms with Gasteiger partial charge in [0.1, 0.15) is 5.69 Å². The van der Waals surface area contributed by atoms with Crippen molar-refractivity contribution in [2.45, 2.75) is 6.42 Å². The molecule has 1 N–H and O–H groups in total. The summed E-state index contributed by atoms with van der Waals surface area (Å²) < 4.78 is 6.33. The molecule has 3 heterocycles. The molecule has 0 fully saturated rings. The van der Waals surface area contributed by atoms with Gasteiger partial charge in [-0.2, -0.15) is 4.98 Å². The van der Waals surface area contributed by atoms with Gasteiger partial charge in [-0.25, -0.2) is 9.97 Å². The van der Waals surface area contributed by atoms with Crippen LogP contribution in [0.4, 0.5) is 5.69 Å². The van der Waals surface area contributed by atoms with Crippen LogP contribution in [-0.2, 0) is 6.42 Å². The Hall–Kier alpha value is -3.98. The molecule has 3 aromatic heterocycles. The van der Waals surface area contributed by atoms with Crippen LogP contribution in [0, 0.1) is 0 Å². The van der Waals surface area contributed by atoms with E-state index in [0.717, 1.165) is 15.8 Å².